The van der Waals surface area contributed by atoms with Gasteiger partial charge in [0, 0.05) is 0 Å². The van der Waals surface area contributed by atoms with Crippen molar-refractivity contribution in [2.45, 2.75) is 9.79 Å². The molecule has 0 aromatic heterocycles. The van der Waals surface area contributed by atoms with Gasteiger partial charge in [0.15, 0.2) is 0 Å². The van der Waals surface area contributed by atoms with Crippen LogP contribution >= 0.6 is 11.6 Å². The molecule has 4 rings (SSSR count). The molecule has 1 aliphatic heterocycles. The summed E-state index contributed by atoms with van der Waals surface area (Å²) in [5.41, 5.74) is 0.891. The van der Waals surface area contributed by atoms with Crippen LogP contribution in [-0.2, 0) is 9.84 Å². The van der Waals surface area contributed by atoms with Crippen LogP contribution in [0.2, 0.25) is 5.02 Å². The number of rotatable bonds is 0. The molecule has 3 aromatic carbocycles. The average Bonchev–Trinajstić information content (AvgIpc) is 2.63. The van der Waals surface area contributed by atoms with Crippen LogP contribution in [0.15, 0.2) is 82.6 Å². The van der Waals surface area contributed by atoms with Crippen molar-refractivity contribution in [2.24, 2.45) is 0 Å². The fourth-order valence-electron chi connectivity index (χ4n) is 2.76. The van der Waals surface area contributed by atoms with Crippen LogP contribution in [0.5, 0.6) is 0 Å². The van der Waals surface area contributed by atoms with Gasteiger partial charge in [0.1, 0.15) is 0 Å². The summed E-state index contributed by atoms with van der Waals surface area (Å²) in [7, 11) is -3.46. The summed E-state index contributed by atoms with van der Waals surface area (Å²) in [6, 6.07) is 22.0. The average molecular weight is 561 g/mol. The monoisotopic (exact) mass is 560 g/mol. The zero-order chi connectivity index (χ0) is 17.4. The Kier molecular flexibility index (Phi) is 4.42. The normalized spacial score (nSPS) is 14.8. The maximum absolute atomic E-state index is 12.9. The standard InChI is InChI=1S/C12H8O2S.C8H4Cl.Bi/c13-15(14,11-7-3-1-4-8-11)12-9-5-2-6-10-12;1-2-7-3-5-8(9)6-4-7;/h1-7,9H;3-6H;. The molecule has 0 radical (unpaired) electrons. The van der Waals surface area contributed by atoms with Gasteiger partial charge < -0.3 is 0 Å². The van der Waals surface area contributed by atoms with Gasteiger partial charge in [-0.05, 0) is 0 Å². The summed E-state index contributed by atoms with van der Waals surface area (Å²) >= 11 is 3.18. The maximum atomic E-state index is 12.9. The van der Waals surface area contributed by atoms with E-state index >= 15 is 0 Å². The molecule has 0 saturated carbocycles. The Labute approximate surface area is 160 Å². The fourth-order valence-corrected chi connectivity index (χ4v) is 15.7. The molecule has 25 heavy (non-hydrogen) atoms. The summed E-state index contributed by atoms with van der Waals surface area (Å²) in [5, 5.41) is 0.674. The van der Waals surface area contributed by atoms with Crippen molar-refractivity contribution in [3.8, 4) is 9.55 Å². The van der Waals surface area contributed by atoms with Crippen molar-refractivity contribution in [2.75, 3.05) is 0 Å². The molecule has 0 aliphatic carbocycles. The molecule has 0 saturated heterocycles. The zero-order valence-corrected chi connectivity index (χ0v) is 18.0. The van der Waals surface area contributed by atoms with Crippen LogP contribution in [0.4, 0.5) is 0 Å². The van der Waals surface area contributed by atoms with Crippen LogP contribution in [0.25, 0.3) is 0 Å². The predicted molar refractivity (Wildman–Crippen MR) is 102 cm³/mol. The fraction of sp³-hybridized carbons (Fsp3) is 0. The number of sulfone groups is 1. The minimum atomic E-state index is -3.46. The zero-order valence-electron chi connectivity index (χ0n) is 13.0. The van der Waals surface area contributed by atoms with E-state index in [2.05, 4.69) is 9.55 Å². The number of halogens is 1. The van der Waals surface area contributed by atoms with Gasteiger partial charge in [0.05, 0.1) is 0 Å². The first-order valence-electron chi connectivity index (χ1n) is 7.58. The van der Waals surface area contributed by atoms with Crippen LogP contribution < -0.4 is 6.54 Å². The van der Waals surface area contributed by atoms with Crippen molar-refractivity contribution >= 4 is 49.7 Å². The van der Waals surface area contributed by atoms with Gasteiger partial charge in [0.2, 0.25) is 0 Å². The van der Waals surface area contributed by atoms with Crippen LogP contribution in [-0.4, -0.2) is 30.2 Å². The van der Waals surface area contributed by atoms with Gasteiger partial charge in [-0.1, -0.05) is 0 Å². The third-order valence-corrected chi connectivity index (χ3v) is 15.4. The molecule has 0 amide bonds. The van der Waals surface area contributed by atoms with E-state index in [1.165, 1.54) is 0 Å². The minimum absolute atomic E-state index is 0.428. The third-order valence-electron chi connectivity index (χ3n) is 3.95. The topological polar surface area (TPSA) is 34.1 Å². The van der Waals surface area contributed by atoms with Crippen molar-refractivity contribution < 1.29 is 8.42 Å². The Bertz CT molecular complexity index is 1070. The molecule has 0 spiro atoms. The number of hydrogen-bond donors (Lipinski definition) is 0. The SMILES string of the molecule is O=S1(=O)c2cccc[c]2[Bi]([C]#Cc2ccc(Cl)cc2)[c]2ccccc21. The molecule has 1 heterocycles. The molecule has 3 aromatic rings. The van der Waals surface area contributed by atoms with E-state index < -0.39 is 31.6 Å². The molecule has 0 unspecified atom stereocenters. The Morgan fingerprint density at radius 1 is 0.760 bits per heavy atom. The molecule has 1 aliphatic rings. The van der Waals surface area contributed by atoms with Crippen molar-refractivity contribution in [1.29, 1.82) is 0 Å². The van der Waals surface area contributed by atoms with Gasteiger partial charge in [-0.3, -0.25) is 0 Å². The summed E-state index contributed by atoms with van der Waals surface area (Å²) in [6.45, 7) is 0. The van der Waals surface area contributed by atoms with Gasteiger partial charge in [-0.2, -0.15) is 0 Å². The molecule has 0 fully saturated rings. The van der Waals surface area contributed by atoms with E-state index in [0.29, 0.717) is 14.8 Å². The predicted octanol–water partition coefficient (Wildman–Crippen LogP) is 2.69. The first kappa shape index (κ1) is 16.8. The van der Waals surface area contributed by atoms with Crippen molar-refractivity contribution in [1.82, 2.24) is 0 Å². The van der Waals surface area contributed by atoms with Crippen molar-refractivity contribution in [3.63, 3.8) is 0 Å². The molecule has 2 nitrogen and oxygen atoms in total. The number of fused-ring (bicyclic) bond motifs is 2. The van der Waals surface area contributed by atoms with E-state index in [1.54, 1.807) is 24.3 Å². The van der Waals surface area contributed by atoms with Crippen LogP contribution in [0.1, 0.15) is 5.56 Å². The second-order valence-corrected chi connectivity index (χ2v) is 15.1. The van der Waals surface area contributed by atoms with Crippen molar-refractivity contribution in [3.05, 3.63) is 83.4 Å². The first-order chi connectivity index (χ1) is 12.1. The van der Waals surface area contributed by atoms with Gasteiger partial charge >= 0.3 is 161 Å². The molecule has 5 heteroatoms. The molecular weight excluding hydrogens is 549 g/mol. The Balaban J connectivity index is 1.91. The summed E-state index contributed by atoms with van der Waals surface area (Å²) in [6.07, 6.45) is 0. The van der Waals surface area contributed by atoms with E-state index in [1.807, 2.05) is 48.5 Å². The Morgan fingerprint density at radius 2 is 1.28 bits per heavy atom. The second-order valence-electron chi connectivity index (χ2n) is 5.52. The molecular formula is C20H12BiClO2S. The van der Waals surface area contributed by atoms with E-state index in [9.17, 15) is 8.42 Å². The van der Waals surface area contributed by atoms with E-state index in [0.717, 1.165) is 12.1 Å². The molecule has 122 valence electrons. The van der Waals surface area contributed by atoms with E-state index in [-0.39, 0.29) is 0 Å². The third kappa shape index (κ3) is 3.02. The summed E-state index contributed by atoms with van der Waals surface area (Å²) in [4.78, 5) is 0.855. The quantitative estimate of drug-likeness (QED) is 0.313. The van der Waals surface area contributed by atoms with Gasteiger partial charge in [-0.15, -0.1) is 0 Å². The van der Waals surface area contributed by atoms with Crippen LogP contribution in [0, 0.1) is 9.55 Å². The van der Waals surface area contributed by atoms with Gasteiger partial charge in [-0.25, -0.2) is 0 Å². The van der Waals surface area contributed by atoms with Gasteiger partial charge in [0.25, 0.3) is 0 Å². The number of benzene rings is 3. The summed E-state index contributed by atoms with van der Waals surface area (Å²) < 4.78 is 31.2. The Hall–Kier alpha value is -1.66. The molecule has 0 atom stereocenters. The molecule has 0 bridgehead atoms. The Morgan fingerprint density at radius 3 is 1.84 bits per heavy atom. The van der Waals surface area contributed by atoms with E-state index in [4.69, 9.17) is 11.6 Å². The second kappa shape index (κ2) is 6.58. The molecule has 0 N–H and O–H groups in total. The van der Waals surface area contributed by atoms with Crippen LogP contribution in [0.3, 0.4) is 0 Å². The first-order valence-corrected chi connectivity index (χ1v) is 14.7. The summed E-state index contributed by atoms with van der Waals surface area (Å²) in [5.74, 6) is 3.24. The number of hydrogen-bond acceptors (Lipinski definition) is 2.